The monoisotopic (exact) mass is 222 g/mol. The van der Waals surface area contributed by atoms with Crippen LogP contribution in [0.25, 0.3) is 0 Å². The number of aromatic amines is 1. The average molecular weight is 222 g/mol. The second-order valence-electron chi connectivity index (χ2n) is 4.24. The van der Waals surface area contributed by atoms with E-state index in [1.165, 1.54) is 0 Å². The molecule has 1 aromatic rings. The van der Waals surface area contributed by atoms with Crippen LogP contribution in [-0.4, -0.2) is 22.0 Å². The second kappa shape index (κ2) is 4.00. The lowest BCUT2D eigenvalue weighted by Gasteiger charge is -2.03. The number of nitrogens with one attached hydrogen (secondary N) is 2. The van der Waals surface area contributed by atoms with Crippen molar-refractivity contribution in [3.63, 3.8) is 0 Å². The molecule has 5 heteroatoms. The van der Waals surface area contributed by atoms with Crippen LogP contribution in [0.4, 0.5) is 5.69 Å². The lowest BCUT2D eigenvalue weighted by atomic mass is 10.2. The van der Waals surface area contributed by atoms with E-state index >= 15 is 0 Å². The summed E-state index contributed by atoms with van der Waals surface area (Å²) in [5.74, 6) is -0.674. The number of carboxylic acid groups (broad SMARTS) is 1. The highest BCUT2D eigenvalue weighted by Gasteiger charge is 2.25. The van der Waals surface area contributed by atoms with Crippen LogP contribution in [0.2, 0.25) is 0 Å². The third-order valence-electron chi connectivity index (χ3n) is 2.61. The quantitative estimate of drug-likeness (QED) is 0.725. The number of carboxylic acids is 1. The predicted molar refractivity (Wildman–Crippen MR) is 58.5 cm³/mol. The molecule has 2 rings (SSSR count). The number of aromatic carboxylic acids is 1. The molecule has 0 spiro atoms. The van der Waals surface area contributed by atoms with Gasteiger partial charge in [0, 0.05) is 12.1 Å². The molecule has 0 saturated heterocycles. The van der Waals surface area contributed by atoms with E-state index in [-0.39, 0.29) is 11.6 Å². The number of rotatable bonds is 4. The van der Waals surface area contributed by atoms with E-state index in [4.69, 9.17) is 5.11 Å². The fourth-order valence-corrected chi connectivity index (χ4v) is 1.64. The summed E-state index contributed by atoms with van der Waals surface area (Å²) in [5.41, 5.74) is 1.12. The number of hydrogen-bond acceptors (Lipinski definition) is 2. The van der Waals surface area contributed by atoms with Gasteiger partial charge >= 0.3 is 5.97 Å². The maximum absolute atomic E-state index is 11.5. The Kier molecular flexibility index (Phi) is 2.68. The van der Waals surface area contributed by atoms with Crippen LogP contribution in [0.1, 0.15) is 35.4 Å². The molecule has 1 aliphatic carbocycles. The molecule has 16 heavy (non-hydrogen) atoms. The summed E-state index contributed by atoms with van der Waals surface area (Å²) in [5, 5.41) is 11.5. The topological polar surface area (TPSA) is 82.2 Å². The highest BCUT2D eigenvalue weighted by molar-refractivity contribution is 5.99. The van der Waals surface area contributed by atoms with E-state index in [1.807, 2.05) is 0 Å². The van der Waals surface area contributed by atoms with E-state index < -0.39 is 5.97 Å². The Labute approximate surface area is 92.9 Å². The smallest absolute Gasteiger partial charge is 0.354 e. The average Bonchev–Trinajstić information content (AvgIpc) is 2.89. The first kappa shape index (κ1) is 10.7. The van der Waals surface area contributed by atoms with E-state index in [0.717, 1.165) is 18.5 Å². The minimum absolute atomic E-state index is 0.0432. The van der Waals surface area contributed by atoms with Gasteiger partial charge in [0.2, 0.25) is 5.91 Å². The summed E-state index contributed by atoms with van der Waals surface area (Å²) in [6.45, 7) is 1.75. The summed E-state index contributed by atoms with van der Waals surface area (Å²) in [6.07, 6.45) is 2.69. The number of carbonyl (C=O) groups is 2. The first-order valence-electron chi connectivity index (χ1n) is 5.29. The number of carbonyl (C=O) groups excluding carboxylic acids is 1. The number of anilines is 1. The Balaban J connectivity index is 2.06. The Hall–Kier alpha value is -1.78. The van der Waals surface area contributed by atoms with E-state index in [9.17, 15) is 9.59 Å². The van der Waals surface area contributed by atoms with Crippen molar-refractivity contribution in [2.45, 2.75) is 26.2 Å². The van der Waals surface area contributed by atoms with Crippen LogP contribution >= 0.6 is 0 Å². The molecule has 0 aromatic carbocycles. The van der Waals surface area contributed by atoms with Crippen molar-refractivity contribution < 1.29 is 14.7 Å². The van der Waals surface area contributed by atoms with Gasteiger partial charge in [0.25, 0.3) is 0 Å². The Bertz CT molecular complexity index is 432. The SMILES string of the molecule is Cc1cc(NC(=O)CC2CC2)c(C(=O)O)[nH]1. The van der Waals surface area contributed by atoms with Crippen molar-refractivity contribution in [1.82, 2.24) is 4.98 Å². The molecule has 1 aliphatic rings. The molecule has 0 unspecified atom stereocenters. The van der Waals surface area contributed by atoms with Gasteiger partial charge in [-0.1, -0.05) is 0 Å². The predicted octanol–water partition coefficient (Wildman–Crippen LogP) is 1.76. The molecule has 5 nitrogen and oxygen atoms in total. The summed E-state index contributed by atoms with van der Waals surface area (Å²) in [4.78, 5) is 25.1. The van der Waals surface area contributed by atoms with Crippen LogP contribution in [0.5, 0.6) is 0 Å². The molecule has 1 saturated carbocycles. The minimum atomic E-state index is -1.06. The second-order valence-corrected chi connectivity index (χ2v) is 4.24. The molecule has 0 bridgehead atoms. The van der Waals surface area contributed by atoms with Gasteiger partial charge in [-0.3, -0.25) is 4.79 Å². The van der Waals surface area contributed by atoms with Gasteiger partial charge in [-0.2, -0.15) is 0 Å². The van der Waals surface area contributed by atoms with Crippen molar-refractivity contribution in [2.24, 2.45) is 5.92 Å². The van der Waals surface area contributed by atoms with Gasteiger partial charge in [-0.25, -0.2) is 4.79 Å². The van der Waals surface area contributed by atoms with Gasteiger partial charge < -0.3 is 15.4 Å². The lowest BCUT2D eigenvalue weighted by Crippen LogP contribution is -2.14. The third-order valence-corrected chi connectivity index (χ3v) is 2.61. The Morgan fingerprint density at radius 1 is 1.56 bits per heavy atom. The largest absolute Gasteiger partial charge is 0.477 e. The summed E-state index contributed by atoms with van der Waals surface area (Å²) in [7, 11) is 0. The highest BCUT2D eigenvalue weighted by atomic mass is 16.4. The van der Waals surface area contributed by atoms with Gasteiger partial charge in [0.1, 0.15) is 5.69 Å². The van der Waals surface area contributed by atoms with Crippen LogP contribution in [0.15, 0.2) is 6.07 Å². The van der Waals surface area contributed by atoms with Crippen molar-refractivity contribution in [3.05, 3.63) is 17.5 Å². The summed E-state index contributed by atoms with van der Waals surface area (Å²) >= 11 is 0. The van der Waals surface area contributed by atoms with Gasteiger partial charge in [0.15, 0.2) is 0 Å². The van der Waals surface area contributed by atoms with Crippen molar-refractivity contribution in [1.29, 1.82) is 0 Å². The van der Waals surface area contributed by atoms with Gasteiger partial charge in [0.05, 0.1) is 5.69 Å². The molecule has 0 atom stereocenters. The number of aromatic nitrogens is 1. The van der Waals surface area contributed by atoms with E-state index in [0.29, 0.717) is 18.0 Å². The molecule has 1 aromatic heterocycles. The van der Waals surface area contributed by atoms with E-state index in [1.54, 1.807) is 13.0 Å². The van der Waals surface area contributed by atoms with E-state index in [2.05, 4.69) is 10.3 Å². The van der Waals surface area contributed by atoms with Crippen molar-refractivity contribution >= 4 is 17.6 Å². The van der Waals surface area contributed by atoms with Gasteiger partial charge in [-0.15, -0.1) is 0 Å². The first-order chi connectivity index (χ1) is 7.56. The van der Waals surface area contributed by atoms with Crippen LogP contribution in [0, 0.1) is 12.8 Å². The zero-order chi connectivity index (χ0) is 11.7. The molecule has 0 aliphatic heterocycles. The number of amides is 1. The Morgan fingerprint density at radius 2 is 2.25 bits per heavy atom. The van der Waals surface area contributed by atoms with Crippen molar-refractivity contribution in [2.75, 3.05) is 5.32 Å². The maximum Gasteiger partial charge on any atom is 0.354 e. The molecular weight excluding hydrogens is 208 g/mol. The molecule has 3 N–H and O–H groups in total. The fourth-order valence-electron chi connectivity index (χ4n) is 1.64. The minimum Gasteiger partial charge on any atom is -0.477 e. The summed E-state index contributed by atoms with van der Waals surface area (Å²) in [6, 6.07) is 1.63. The molecular formula is C11H14N2O3. The Morgan fingerprint density at radius 3 is 2.81 bits per heavy atom. The van der Waals surface area contributed by atoms with Crippen molar-refractivity contribution in [3.8, 4) is 0 Å². The van der Waals surface area contributed by atoms with Crippen LogP contribution in [-0.2, 0) is 4.79 Å². The number of hydrogen-bond donors (Lipinski definition) is 3. The molecule has 1 amide bonds. The first-order valence-corrected chi connectivity index (χ1v) is 5.29. The summed E-state index contributed by atoms with van der Waals surface area (Å²) < 4.78 is 0. The lowest BCUT2D eigenvalue weighted by molar-refractivity contribution is -0.116. The van der Waals surface area contributed by atoms with Crippen LogP contribution < -0.4 is 5.32 Å². The molecule has 0 radical (unpaired) electrons. The number of H-pyrrole nitrogens is 1. The normalized spacial score (nSPS) is 14.8. The molecule has 1 fully saturated rings. The van der Waals surface area contributed by atoms with Gasteiger partial charge in [-0.05, 0) is 31.7 Å². The maximum atomic E-state index is 11.5. The zero-order valence-corrected chi connectivity index (χ0v) is 9.04. The van der Waals surface area contributed by atoms with Crippen LogP contribution in [0.3, 0.4) is 0 Å². The standard InChI is InChI=1S/C11H14N2O3/c1-6-4-8(10(12-6)11(15)16)13-9(14)5-7-2-3-7/h4,7,12H,2-3,5H2,1H3,(H,13,14)(H,15,16). The third kappa shape index (κ3) is 2.42. The molecule has 86 valence electrons. The highest BCUT2D eigenvalue weighted by Crippen LogP contribution is 2.32. The number of aryl methyl sites for hydroxylation is 1. The molecule has 1 heterocycles. The fraction of sp³-hybridized carbons (Fsp3) is 0.455. The zero-order valence-electron chi connectivity index (χ0n) is 9.04.